The zero-order valence-electron chi connectivity index (χ0n) is 15.2. The number of hydrogen-bond donors (Lipinski definition) is 2. The van der Waals surface area contributed by atoms with Gasteiger partial charge in [0.25, 0.3) is 5.56 Å². The van der Waals surface area contributed by atoms with Gasteiger partial charge in [-0.3, -0.25) is 9.78 Å². The van der Waals surface area contributed by atoms with Crippen molar-refractivity contribution in [1.29, 1.82) is 0 Å². The maximum absolute atomic E-state index is 12.8. The van der Waals surface area contributed by atoms with E-state index in [9.17, 15) is 18.0 Å². The third-order valence-corrected chi connectivity index (χ3v) is 4.96. The largest absolute Gasteiger partial charge is 0.417 e. The van der Waals surface area contributed by atoms with Crippen LogP contribution in [0.4, 0.5) is 18.9 Å². The summed E-state index contributed by atoms with van der Waals surface area (Å²) in [5.41, 5.74) is 6.45. The summed E-state index contributed by atoms with van der Waals surface area (Å²) in [5, 5.41) is 7.53. The third-order valence-electron chi connectivity index (χ3n) is 4.96. The summed E-state index contributed by atoms with van der Waals surface area (Å²) in [6.07, 6.45) is -3.61. The van der Waals surface area contributed by atoms with E-state index in [4.69, 9.17) is 10.5 Å². The molecular formula is C19H18F3N5O2. The number of benzene rings is 1. The van der Waals surface area contributed by atoms with Gasteiger partial charge < -0.3 is 15.4 Å². The molecule has 0 spiro atoms. The van der Waals surface area contributed by atoms with Crippen molar-refractivity contribution in [2.24, 2.45) is 5.73 Å². The fraction of sp³-hybridized carbons (Fsp3) is 0.316. The van der Waals surface area contributed by atoms with Crippen LogP contribution in [-0.4, -0.2) is 34.9 Å². The van der Waals surface area contributed by atoms with E-state index >= 15 is 0 Å². The number of anilines is 1. The van der Waals surface area contributed by atoms with Crippen LogP contribution in [0.5, 0.6) is 0 Å². The average Bonchev–Trinajstić information content (AvgIpc) is 2.73. The van der Waals surface area contributed by atoms with Gasteiger partial charge in [0.1, 0.15) is 0 Å². The van der Waals surface area contributed by atoms with Gasteiger partial charge in [-0.2, -0.15) is 18.3 Å². The topological polar surface area (TPSA) is 97.1 Å². The number of rotatable bonds is 3. The van der Waals surface area contributed by atoms with Crippen LogP contribution in [0.1, 0.15) is 23.0 Å². The number of fused-ring (bicyclic) bond motifs is 1. The smallest absolute Gasteiger partial charge is 0.377 e. The minimum Gasteiger partial charge on any atom is -0.377 e. The summed E-state index contributed by atoms with van der Waals surface area (Å²) < 4.78 is 44.1. The molecule has 1 aliphatic rings. The van der Waals surface area contributed by atoms with Gasteiger partial charge in [-0.25, -0.2) is 5.10 Å². The van der Waals surface area contributed by atoms with Crippen molar-refractivity contribution in [3.05, 3.63) is 63.8 Å². The van der Waals surface area contributed by atoms with E-state index in [0.29, 0.717) is 35.3 Å². The molecule has 1 aromatic carbocycles. The summed E-state index contributed by atoms with van der Waals surface area (Å²) in [6, 6.07) is 7.33. The molecule has 10 heteroatoms. The number of morpholine rings is 1. The molecule has 3 heterocycles. The quantitative estimate of drug-likeness (QED) is 0.695. The Kier molecular flexibility index (Phi) is 4.97. The Morgan fingerprint density at radius 3 is 2.76 bits per heavy atom. The molecule has 0 saturated carbocycles. The van der Waals surface area contributed by atoms with E-state index in [1.165, 1.54) is 6.07 Å². The number of alkyl halides is 3. The molecule has 0 radical (unpaired) electrons. The van der Waals surface area contributed by atoms with Gasteiger partial charge in [0.2, 0.25) is 0 Å². The van der Waals surface area contributed by atoms with E-state index < -0.39 is 11.7 Å². The first-order valence-electron chi connectivity index (χ1n) is 8.97. The van der Waals surface area contributed by atoms with Crippen LogP contribution < -0.4 is 16.2 Å². The first-order valence-corrected chi connectivity index (χ1v) is 8.97. The van der Waals surface area contributed by atoms with Crippen molar-refractivity contribution in [2.45, 2.75) is 18.8 Å². The first kappa shape index (κ1) is 19.3. The number of nitrogens with two attached hydrogens (primary N) is 1. The van der Waals surface area contributed by atoms with Gasteiger partial charge in [0, 0.05) is 30.4 Å². The monoisotopic (exact) mass is 405 g/mol. The van der Waals surface area contributed by atoms with Gasteiger partial charge in [0.05, 0.1) is 41.6 Å². The van der Waals surface area contributed by atoms with Crippen molar-refractivity contribution in [3.63, 3.8) is 0 Å². The summed E-state index contributed by atoms with van der Waals surface area (Å²) >= 11 is 0. The molecular weight excluding hydrogens is 387 g/mol. The summed E-state index contributed by atoms with van der Waals surface area (Å²) in [5.74, 6) is 0. The predicted octanol–water partition coefficient (Wildman–Crippen LogP) is 2.37. The molecule has 4 rings (SSSR count). The maximum Gasteiger partial charge on any atom is 0.417 e. The molecule has 7 nitrogen and oxygen atoms in total. The molecule has 1 atom stereocenters. The highest BCUT2D eigenvalue weighted by molar-refractivity contribution is 5.87. The van der Waals surface area contributed by atoms with Crippen LogP contribution in [0.25, 0.3) is 10.8 Å². The number of halogens is 3. The Hall–Kier alpha value is -2.98. The number of aromatic amines is 1. The van der Waals surface area contributed by atoms with Crippen LogP contribution in [0.3, 0.4) is 0 Å². The lowest BCUT2D eigenvalue weighted by Gasteiger charge is -2.37. The normalized spacial score (nSPS) is 17.7. The molecule has 0 aliphatic carbocycles. The SMILES string of the molecule is NCc1n[nH]c(=O)c2ccc(N3CCOCC3c3ccc(C(F)(F)F)cn3)cc12. The maximum atomic E-state index is 12.8. The van der Waals surface area contributed by atoms with Crippen molar-refractivity contribution >= 4 is 16.5 Å². The Morgan fingerprint density at radius 1 is 1.24 bits per heavy atom. The van der Waals surface area contributed by atoms with Gasteiger partial charge in [-0.05, 0) is 30.3 Å². The van der Waals surface area contributed by atoms with Crippen molar-refractivity contribution in [2.75, 3.05) is 24.7 Å². The molecule has 0 amide bonds. The number of nitrogens with one attached hydrogen (secondary N) is 1. The van der Waals surface area contributed by atoms with Crippen LogP contribution >= 0.6 is 0 Å². The minimum absolute atomic E-state index is 0.156. The van der Waals surface area contributed by atoms with E-state index in [1.54, 1.807) is 12.1 Å². The molecule has 1 fully saturated rings. The van der Waals surface area contributed by atoms with E-state index in [-0.39, 0.29) is 24.8 Å². The predicted molar refractivity (Wildman–Crippen MR) is 100 cm³/mol. The summed E-state index contributed by atoms with van der Waals surface area (Å²) in [6.45, 7) is 1.43. The Bertz CT molecular complexity index is 1080. The fourth-order valence-corrected chi connectivity index (χ4v) is 3.47. The molecule has 1 saturated heterocycles. The first-order chi connectivity index (χ1) is 13.9. The number of aromatic nitrogens is 3. The molecule has 152 valence electrons. The standard InChI is InChI=1S/C19H18F3N5O2/c20-19(21,22)11-1-4-15(24-9-11)17-10-29-6-5-27(17)12-2-3-13-14(7-12)16(8-23)25-26-18(13)28/h1-4,7,9,17H,5-6,8,10,23H2,(H,26,28). The molecule has 2 aromatic heterocycles. The van der Waals surface area contributed by atoms with Gasteiger partial charge in [-0.15, -0.1) is 0 Å². The lowest BCUT2D eigenvalue weighted by Crippen LogP contribution is -2.40. The van der Waals surface area contributed by atoms with Crippen molar-refractivity contribution in [3.8, 4) is 0 Å². The van der Waals surface area contributed by atoms with E-state index in [0.717, 1.165) is 18.0 Å². The number of pyridine rings is 1. The zero-order valence-corrected chi connectivity index (χ0v) is 15.2. The van der Waals surface area contributed by atoms with Crippen LogP contribution in [-0.2, 0) is 17.5 Å². The number of ether oxygens (including phenoxy) is 1. The second-order valence-corrected chi connectivity index (χ2v) is 6.69. The van der Waals surface area contributed by atoms with Crippen LogP contribution in [0.15, 0.2) is 41.3 Å². The van der Waals surface area contributed by atoms with Gasteiger partial charge in [0.15, 0.2) is 0 Å². The average molecular weight is 405 g/mol. The second-order valence-electron chi connectivity index (χ2n) is 6.69. The van der Waals surface area contributed by atoms with Gasteiger partial charge in [-0.1, -0.05) is 0 Å². The highest BCUT2D eigenvalue weighted by Crippen LogP contribution is 2.33. The molecule has 3 N–H and O–H groups in total. The molecule has 0 bridgehead atoms. The Morgan fingerprint density at radius 2 is 2.07 bits per heavy atom. The third kappa shape index (κ3) is 3.68. The van der Waals surface area contributed by atoms with Crippen molar-refractivity contribution < 1.29 is 17.9 Å². The highest BCUT2D eigenvalue weighted by atomic mass is 19.4. The minimum atomic E-state index is -4.44. The molecule has 1 unspecified atom stereocenters. The molecule has 3 aromatic rings. The van der Waals surface area contributed by atoms with Crippen molar-refractivity contribution in [1.82, 2.24) is 15.2 Å². The fourth-order valence-electron chi connectivity index (χ4n) is 3.47. The molecule has 29 heavy (non-hydrogen) atoms. The second kappa shape index (κ2) is 7.45. The summed E-state index contributed by atoms with van der Waals surface area (Å²) in [4.78, 5) is 18.1. The Balaban J connectivity index is 1.73. The Labute approximate surface area is 163 Å². The van der Waals surface area contributed by atoms with Gasteiger partial charge >= 0.3 is 6.18 Å². The number of nitrogens with zero attached hydrogens (tertiary/aromatic N) is 3. The molecule has 1 aliphatic heterocycles. The lowest BCUT2D eigenvalue weighted by atomic mass is 10.1. The van der Waals surface area contributed by atoms with E-state index in [2.05, 4.69) is 15.2 Å². The lowest BCUT2D eigenvalue weighted by molar-refractivity contribution is -0.137. The summed E-state index contributed by atoms with van der Waals surface area (Å²) in [7, 11) is 0. The zero-order chi connectivity index (χ0) is 20.6. The number of hydrogen-bond acceptors (Lipinski definition) is 6. The van der Waals surface area contributed by atoms with E-state index in [1.807, 2.05) is 11.0 Å². The van der Waals surface area contributed by atoms with Crippen LogP contribution in [0, 0.1) is 0 Å². The number of H-pyrrole nitrogens is 1. The highest BCUT2D eigenvalue weighted by Gasteiger charge is 2.32. The van der Waals surface area contributed by atoms with Crippen LogP contribution in [0.2, 0.25) is 0 Å².